The second-order valence-electron chi connectivity index (χ2n) is 4.81. The summed E-state index contributed by atoms with van der Waals surface area (Å²) in [5.74, 6) is 0. The topological polar surface area (TPSA) is 20.2 Å². The highest BCUT2D eigenvalue weighted by Gasteiger charge is 2.07. The fourth-order valence-electron chi connectivity index (χ4n) is 2.17. The van der Waals surface area contributed by atoms with E-state index in [0.717, 1.165) is 19.3 Å². The Morgan fingerprint density at radius 1 is 0.944 bits per heavy atom. The van der Waals surface area contributed by atoms with Gasteiger partial charge in [-0.25, -0.2) is 0 Å². The van der Waals surface area contributed by atoms with Crippen molar-refractivity contribution in [2.24, 2.45) is 0 Å². The van der Waals surface area contributed by atoms with Gasteiger partial charge in [-0.3, -0.25) is 0 Å². The SMILES string of the molecule is Cc1ccccc1CC(O)CCc1ccccc1. The lowest BCUT2D eigenvalue weighted by Crippen LogP contribution is -2.12. The van der Waals surface area contributed by atoms with Crippen molar-refractivity contribution in [1.82, 2.24) is 0 Å². The van der Waals surface area contributed by atoms with E-state index in [1.54, 1.807) is 0 Å². The molecule has 94 valence electrons. The van der Waals surface area contributed by atoms with Gasteiger partial charge < -0.3 is 5.11 Å². The molecule has 0 aliphatic rings. The van der Waals surface area contributed by atoms with Gasteiger partial charge in [-0.15, -0.1) is 0 Å². The molecule has 2 aromatic carbocycles. The summed E-state index contributed by atoms with van der Waals surface area (Å²) in [6.45, 7) is 2.10. The molecule has 0 amide bonds. The second kappa shape index (κ2) is 6.36. The molecule has 1 heteroatoms. The van der Waals surface area contributed by atoms with E-state index in [0.29, 0.717) is 0 Å². The molecule has 0 aliphatic heterocycles. The van der Waals surface area contributed by atoms with E-state index >= 15 is 0 Å². The van der Waals surface area contributed by atoms with E-state index in [9.17, 15) is 5.11 Å². The van der Waals surface area contributed by atoms with Crippen LogP contribution in [0.1, 0.15) is 23.1 Å². The highest BCUT2D eigenvalue weighted by Crippen LogP contribution is 2.13. The van der Waals surface area contributed by atoms with Crippen molar-refractivity contribution >= 4 is 0 Å². The van der Waals surface area contributed by atoms with Crippen LogP contribution in [0.25, 0.3) is 0 Å². The molecular formula is C17H20O. The Morgan fingerprint density at radius 2 is 1.61 bits per heavy atom. The quantitative estimate of drug-likeness (QED) is 0.847. The van der Waals surface area contributed by atoms with Crippen LogP contribution in [-0.4, -0.2) is 11.2 Å². The maximum absolute atomic E-state index is 10.1. The van der Waals surface area contributed by atoms with Crippen molar-refractivity contribution in [3.05, 3.63) is 71.3 Å². The van der Waals surface area contributed by atoms with Gasteiger partial charge in [0.25, 0.3) is 0 Å². The first-order chi connectivity index (χ1) is 8.75. The third-order valence-corrected chi connectivity index (χ3v) is 3.33. The van der Waals surface area contributed by atoms with Gasteiger partial charge in [-0.2, -0.15) is 0 Å². The molecule has 0 saturated heterocycles. The predicted octanol–water partition coefficient (Wildman–Crippen LogP) is 3.53. The first-order valence-corrected chi connectivity index (χ1v) is 6.52. The summed E-state index contributed by atoms with van der Waals surface area (Å²) in [5, 5.41) is 10.1. The molecular weight excluding hydrogens is 220 g/mol. The van der Waals surface area contributed by atoms with E-state index in [2.05, 4.69) is 31.2 Å². The maximum atomic E-state index is 10.1. The Kier molecular flexibility index (Phi) is 4.54. The van der Waals surface area contributed by atoms with Gasteiger partial charge in [0.1, 0.15) is 0 Å². The van der Waals surface area contributed by atoms with Crippen molar-refractivity contribution in [3.8, 4) is 0 Å². The Hall–Kier alpha value is -1.60. The van der Waals surface area contributed by atoms with Crippen LogP contribution in [-0.2, 0) is 12.8 Å². The molecule has 1 N–H and O–H groups in total. The molecule has 0 radical (unpaired) electrons. The average Bonchev–Trinajstić information content (AvgIpc) is 2.40. The number of hydrogen-bond acceptors (Lipinski definition) is 1. The van der Waals surface area contributed by atoms with Crippen molar-refractivity contribution in [2.75, 3.05) is 0 Å². The summed E-state index contributed by atoms with van der Waals surface area (Å²) in [7, 11) is 0. The molecule has 0 aromatic heterocycles. The van der Waals surface area contributed by atoms with Crippen molar-refractivity contribution in [1.29, 1.82) is 0 Å². The molecule has 1 nitrogen and oxygen atoms in total. The summed E-state index contributed by atoms with van der Waals surface area (Å²) in [5.41, 5.74) is 3.80. The number of aliphatic hydroxyl groups is 1. The summed E-state index contributed by atoms with van der Waals surface area (Å²) in [6, 6.07) is 18.6. The second-order valence-corrected chi connectivity index (χ2v) is 4.81. The molecule has 0 heterocycles. The molecule has 0 fully saturated rings. The van der Waals surface area contributed by atoms with Gasteiger partial charge in [-0.05, 0) is 42.9 Å². The zero-order valence-corrected chi connectivity index (χ0v) is 10.8. The van der Waals surface area contributed by atoms with E-state index in [4.69, 9.17) is 0 Å². The van der Waals surface area contributed by atoms with Crippen molar-refractivity contribution in [2.45, 2.75) is 32.3 Å². The third kappa shape index (κ3) is 3.71. The summed E-state index contributed by atoms with van der Waals surface area (Å²) in [6.07, 6.45) is 2.25. The van der Waals surface area contributed by atoms with Gasteiger partial charge in [0.2, 0.25) is 0 Å². The minimum Gasteiger partial charge on any atom is -0.393 e. The van der Waals surface area contributed by atoms with Gasteiger partial charge in [0, 0.05) is 0 Å². The lowest BCUT2D eigenvalue weighted by Gasteiger charge is -2.12. The average molecular weight is 240 g/mol. The first-order valence-electron chi connectivity index (χ1n) is 6.52. The normalized spacial score (nSPS) is 12.3. The molecule has 2 rings (SSSR count). The summed E-state index contributed by atoms with van der Waals surface area (Å²) >= 11 is 0. The highest BCUT2D eigenvalue weighted by atomic mass is 16.3. The summed E-state index contributed by atoms with van der Waals surface area (Å²) in [4.78, 5) is 0. The Labute approximate surface area is 109 Å². The van der Waals surface area contributed by atoms with Gasteiger partial charge in [0.15, 0.2) is 0 Å². The fourth-order valence-corrected chi connectivity index (χ4v) is 2.17. The Morgan fingerprint density at radius 3 is 2.33 bits per heavy atom. The van der Waals surface area contributed by atoms with Crippen LogP contribution in [0.15, 0.2) is 54.6 Å². The number of hydrogen-bond donors (Lipinski definition) is 1. The van der Waals surface area contributed by atoms with E-state index < -0.39 is 0 Å². The molecule has 0 aliphatic carbocycles. The molecule has 0 bridgehead atoms. The molecule has 18 heavy (non-hydrogen) atoms. The Balaban J connectivity index is 1.86. The van der Waals surface area contributed by atoms with Gasteiger partial charge >= 0.3 is 0 Å². The monoisotopic (exact) mass is 240 g/mol. The minimum absolute atomic E-state index is 0.258. The largest absolute Gasteiger partial charge is 0.393 e. The highest BCUT2D eigenvalue weighted by molar-refractivity contribution is 5.26. The predicted molar refractivity (Wildman–Crippen MR) is 75.7 cm³/mol. The molecule has 0 spiro atoms. The standard InChI is InChI=1S/C17H20O/c1-14-7-5-6-10-16(14)13-17(18)12-11-15-8-3-2-4-9-15/h2-10,17-18H,11-13H2,1H3. The molecule has 0 saturated carbocycles. The van der Waals surface area contributed by atoms with E-state index in [-0.39, 0.29) is 6.10 Å². The minimum atomic E-state index is -0.258. The van der Waals surface area contributed by atoms with Gasteiger partial charge in [0.05, 0.1) is 6.10 Å². The number of aliphatic hydroxyl groups excluding tert-OH is 1. The third-order valence-electron chi connectivity index (χ3n) is 3.33. The smallest absolute Gasteiger partial charge is 0.0583 e. The van der Waals surface area contributed by atoms with Crippen LogP contribution in [0.2, 0.25) is 0 Å². The number of rotatable bonds is 5. The van der Waals surface area contributed by atoms with Crippen LogP contribution >= 0.6 is 0 Å². The maximum Gasteiger partial charge on any atom is 0.0583 e. The lowest BCUT2D eigenvalue weighted by atomic mass is 9.98. The van der Waals surface area contributed by atoms with Crippen molar-refractivity contribution in [3.63, 3.8) is 0 Å². The van der Waals surface area contributed by atoms with Crippen LogP contribution in [0, 0.1) is 6.92 Å². The van der Waals surface area contributed by atoms with Crippen LogP contribution in [0.4, 0.5) is 0 Å². The zero-order chi connectivity index (χ0) is 12.8. The Bertz CT molecular complexity index is 476. The van der Waals surface area contributed by atoms with Crippen LogP contribution < -0.4 is 0 Å². The van der Waals surface area contributed by atoms with E-state index in [1.165, 1.54) is 16.7 Å². The van der Waals surface area contributed by atoms with Crippen molar-refractivity contribution < 1.29 is 5.11 Å². The molecule has 1 unspecified atom stereocenters. The van der Waals surface area contributed by atoms with Crippen LogP contribution in [0.5, 0.6) is 0 Å². The lowest BCUT2D eigenvalue weighted by molar-refractivity contribution is 0.165. The van der Waals surface area contributed by atoms with Gasteiger partial charge in [-0.1, -0.05) is 54.6 Å². The number of benzene rings is 2. The first kappa shape index (κ1) is 12.8. The number of aryl methyl sites for hydroxylation is 2. The zero-order valence-electron chi connectivity index (χ0n) is 10.8. The molecule has 2 aromatic rings. The van der Waals surface area contributed by atoms with E-state index in [1.807, 2.05) is 30.3 Å². The summed E-state index contributed by atoms with van der Waals surface area (Å²) < 4.78 is 0. The molecule has 1 atom stereocenters. The van der Waals surface area contributed by atoms with Crippen LogP contribution in [0.3, 0.4) is 0 Å². The fraction of sp³-hybridized carbons (Fsp3) is 0.294.